The van der Waals surface area contributed by atoms with Crippen LogP contribution in [0.1, 0.15) is 5.56 Å². The zero-order valence-electron chi connectivity index (χ0n) is 8.12. The van der Waals surface area contributed by atoms with Crippen LogP contribution in [0.2, 0.25) is 0 Å². The maximum atomic E-state index is 3.81. The number of thiophene rings is 1. The minimum absolute atomic E-state index is 0.972. The Morgan fingerprint density at radius 3 is 2.93 bits per heavy atom. The largest absolute Gasteiger partial charge is 0.129 e. The molecular formula is C12H12S2. The average molecular weight is 220 g/mol. The lowest BCUT2D eigenvalue weighted by Gasteiger charge is -1.97. The van der Waals surface area contributed by atoms with E-state index in [0.717, 1.165) is 6.42 Å². The molecule has 14 heavy (non-hydrogen) atoms. The fraction of sp³-hybridized carbons (Fsp3) is 0.167. The Labute approximate surface area is 92.6 Å². The third-order valence-electron chi connectivity index (χ3n) is 2.20. The number of allylic oxidation sites excluding steroid dienone is 1. The maximum Gasteiger partial charge on any atom is 0.0643 e. The van der Waals surface area contributed by atoms with E-state index in [1.807, 2.05) is 29.2 Å². The lowest BCUT2D eigenvalue weighted by Crippen LogP contribution is -1.79. The summed E-state index contributed by atoms with van der Waals surface area (Å²) in [6.45, 7) is 3.81. The molecule has 0 N–H and O–H groups in total. The predicted octanol–water partition coefficient (Wildman–Crippen LogP) is 4.35. The number of rotatable bonds is 3. The van der Waals surface area contributed by atoms with Crippen LogP contribution < -0.4 is 0 Å². The SMILES string of the molecule is C=CCc1c(SC)sc2ccccc12. The van der Waals surface area contributed by atoms with Gasteiger partial charge in [0.2, 0.25) is 0 Å². The van der Waals surface area contributed by atoms with Crippen molar-refractivity contribution in [2.24, 2.45) is 0 Å². The van der Waals surface area contributed by atoms with Gasteiger partial charge in [0.15, 0.2) is 0 Å². The molecule has 0 saturated carbocycles. The van der Waals surface area contributed by atoms with Crippen molar-refractivity contribution in [1.82, 2.24) is 0 Å². The summed E-state index contributed by atoms with van der Waals surface area (Å²) in [6, 6.07) is 8.59. The van der Waals surface area contributed by atoms with Crippen molar-refractivity contribution < 1.29 is 0 Å². The van der Waals surface area contributed by atoms with Gasteiger partial charge in [-0.3, -0.25) is 0 Å². The van der Waals surface area contributed by atoms with E-state index in [1.165, 1.54) is 19.9 Å². The first-order valence-electron chi connectivity index (χ1n) is 4.52. The van der Waals surface area contributed by atoms with E-state index in [9.17, 15) is 0 Å². The van der Waals surface area contributed by atoms with Crippen molar-refractivity contribution in [3.05, 3.63) is 42.5 Å². The van der Waals surface area contributed by atoms with Gasteiger partial charge in [-0.05, 0) is 29.7 Å². The number of benzene rings is 1. The quantitative estimate of drug-likeness (QED) is 0.547. The summed E-state index contributed by atoms with van der Waals surface area (Å²) in [4.78, 5) is 0. The Morgan fingerprint density at radius 2 is 2.21 bits per heavy atom. The van der Waals surface area contributed by atoms with Crippen molar-refractivity contribution in [3.8, 4) is 0 Å². The van der Waals surface area contributed by atoms with Crippen LogP contribution >= 0.6 is 23.1 Å². The minimum atomic E-state index is 0.972. The van der Waals surface area contributed by atoms with Gasteiger partial charge in [0.1, 0.15) is 0 Å². The average Bonchev–Trinajstić information content (AvgIpc) is 2.58. The highest BCUT2D eigenvalue weighted by molar-refractivity contribution is 8.00. The fourth-order valence-electron chi connectivity index (χ4n) is 1.58. The van der Waals surface area contributed by atoms with Gasteiger partial charge in [-0.25, -0.2) is 0 Å². The normalized spacial score (nSPS) is 10.6. The highest BCUT2D eigenvalue weighted by Gasteiger charge is 2.08. The molecule has 0 fully saturated rings. The highest BCUT2D eigenvalue weighted by Crippen LogP contribution is 2.37. The summed E-state index contributed by atoms with van der Waals surface area (Å²) in [5, 5.41) is 1.39. The van der Waals surface area contributed by atoms with Gasteiger partial charge in [0.05, 0.1) is 4.21 Å². The standard InChI is InChI=1S/C12H12S2/c1-3-6-10-9-7-4-5-8-11(9)14-12(10)13-2/h3-5,7-8H,1,6H2,2H3. The summed E-state index contributed by atoms with van der Waals surface area (Å²) in [7, 11) is 0. The third kappa shape index (κ3) is 1.60. The fourth-order valence-corrected chi connectivity index (χ4v) is 3.59. The topological polar surface area (TPSA) is 0 Å². The maximum absolute atomic E-state index is 3.81. The van der Waals surface area contributed by atoms with E-state index in [0.29, 0.717) is 0 Å². The number of hydrogen-bond donors (Lipinski definition) is 0. The van der Waals surface area contributed by atoms with Crippen molar-refractivity contribution in [1.29, 1.82) is 0 Å². The second kappa shape index (κ2) is 4.20. The van der Waals surface area contributed by atoms with Gasteiger partial charge in [-0.15, -0.1) is 29.7 Å². The summed E-state index contributed by atoms with van der Waals surface area (Å²) in [5.41, 5.74) is 1.44. The molecule has 72 valence electrons. The molecule has 0 bridgehead atoms. The molecule has 0 aliphatic heterocycles. The molecule has 2 heteroatoms. The smallest absolute Gasteiger partial charge is 0.0643 e. The van der Waals surface area contributed by atoms with Crippen LogP contribution in [0.4, 0.5) is 0 Å². The van der Waals surface area contributed by atoms with Crippen molar-refractivity contribution in [3.63, 3.8) is 0 Å². The first-order valence-corrected chi connectivity index (χ1v) is 6.56. The minimum Gasteiger partial charge on any atom is -0.129 e. The van der Waals surface area contributed by atoms with E-state index < -0.39 is 0 Å². The first kappa shape index (κ1) is 9.81. The van der Waals surface area contributed by atoms with Crippen LogP contribution in [-0.2, 0) is 6.42 Å². The first-order chi connectivity index (χ1) is 6.86. The summed E-state index contributed by atoms with van der Waals surface area (Å²) in [5.74, 6) is 0. The van der Waals surface area contributed by atoms with Gasteiger partial charge in [0.25, 0.3) is 0 Å². The molecule has 1 aromatic heterocycles. The predicted molar refractivity (Wildman–Crippen MR) is 67.5 cm³/mol. The molecule has 0 atom stereocenters. The summed E-state index contributed by atoms with van der Waals surface area (Å²) >= 11 is 3.71. The molecule has 0 aliphatic rings. The molecule has 1 aromatic carbocycles. The zero-order chi connectivity index (χ0) is 9.97. The number of hydrogen-bond acceptors (Lipinski definition) is 2. The molecular weight excluding hydrogens is 208 g/mol. The van der Waals surface area contributed by atoms with E-state index in [1.54, 1.807) is 0 Å². The lowest BCUT2D eigenvalue weighted by atomic mass is 10.1. The molecule has 2 rings (SSSR count). The Kier molecular flexibility index (Phi) is 2.94. The Bertz CT molecular complexity index is 454. The van der Waals surface area contributed by atoms with Crippen LogP contribution in [0.25, 0.3) is 10.1 Å². The van der Waals surface area contributed by atoms with Crippen LogP contribution in [0, 0.1) is 0 Å². The van der Waals surface area contributed by atoms with Gasteiger partial charge < -0.3 is 0 Å². The zero-order valence-corrected chi connectivity index (χ0v) is 9.75. The molecule has 0 spiro atoms. The van der Waals surface area contributed by atoms with Crippen LogP contribution in [-0.4, -0.2) is 6.26 Å². The molecule has 0 aliphatic carbocycles. The monoisotopic (exact) mass is 220 g/mol. The molecule has 0 nitrogen and oxygen atoms in total. The molecule has 0 unspecified atom stereocenters. The molecule has 0 radical (unpaired) electrons. The second-order valence-corrected chi connectivity index (χ2v) is 5.19. The van der Waals surface area contributed by atoms with Gasteiger partial charge in [-0.1, -0.05) is 24.3 Å². The Morgan fingerprint density at radius 1 is 1.43 bits per heavy atom. The molecule has 2 aromatic rings. The van der Waals surface area contributed by atoms with Crippen molar-refractivity contribution >= 4 is 33.2 Å². The van der Waals surface area contributed by atoms with Crippen LogP contribution in [0.3, 0.4) is 0 Å². The molecule has 0 amide bonds. The summed E-state index contributed by atoms with van der Waals surface area (Å²) < 4.78 is 2.81. The van der Waals surface area contributed by atoms with Crippen LogP contribution in [0.15, 0.2) is 41.1 Å². The Hall–Kier alpha value is -0.730. The van der Waals surface area contributed by atoms with E-state index in [-0.39, 0.29) is 0 Å². The van der Waals surface area contributed by atoms with E-state index >= 15 is 0 Å². The summed E-state index contributed by atoms with van der Waals surface area (Å²) in [6.07, 6.45) is 5.09. The highest BCUT2D eigenvalue weighted by atomic mass is 32.2. The van der Waals surface area contributed by atoms with E-state index in [2.05, 4.69) is 37.1 Å². The van der Waals surface area contributed by atoms with E-state index in [4.69, 9.17) is 0 Å². The lowest BCUT2D eigenvalue weighted by molar-refractivity contribution is 1.27. The van der Waals surface area contributed by atoms with Crippen molar-refractivity contribution in [2.45, 2.75) is 10.6 Å². The number of fused-ring (bicyclic) bond motifs is 1. The third-order valence-corrected chi connectivity index (χ3v) is 4.57. The van der Waals surface area contributed by atoms with Gasteiger partial charge >= 0.3 is 0 Å². The second-order valence-electron chi connectivity index (χ2n) is 3.06. The number of thioether (sulfide) groups is 1. The van der Waals surface area contributed by atoms with Crippen LogP contribution in [0.5, 0.6) is 0 Å². The van der Waals surface area contributed by atoms with Gasteiger partial charge in [0, 0.05) is 4.70 Å². The van der Waals surface area contributed by atoms with Crippen molar-refractivity contribution in [2.75, 3.05) is 6.26 Å². The van der Waals surface area contributed by atoms with Gasteiger partial charge in [-0.2, -0.15) is 0 Å². The molecule has 1 heterocycles. The Balaban J connectivity index is 2.67. The molecule has 0 saturated heterocycles.